The van der Waals surface area contributed by atoms with Gasteiger partial charge < -0.3 is 0 Å². The molecule has 106 valence electrons. The van der Waals surface area contributed by atoms with Crippen LogP contribution >= 0.6 is 0 Å². The highest BCUT2D eigenvalue weighted by Gasteiger charge is 2.35. The number of carbonyl (C=O) groups excluding carboxylic acids is 2. The van der Waals surface area contributed by atoms with Gasteiger partial charge >= 0.3 is 0 Å². The number of hydrogen-bond donors (Lipinski definition) is 0. The fourth-order valence-corrected chi connectivity index (χ4v) is 2.57. The molecule has 2 heterocycles. The number of aromatic nitrogens is 1. The Balaban J connectivity index is 1.96. The van der Waals surface area contributed by atoms with Crippen LogP contribution in [-0.2, 0) is 6.54 Å². The van der Waals surface area contributed by atoms with Crippen molar-refractivity contribution in [3.63, 3.8) is 0 Å². The lowest BCUT2D eigenvalue weighted by atomic mass is 10.0. The Labute approximate surface area is 123 Å². The van der Waals surface area contributed by atoms with E-state index in [1.807, 2.05) is 20.8 Å². The Kier molecular flexibility index (Phi) is 3.09. The van der Waals surface area contributed by atoms with Gasteiger partial charge in [-0.2, -0.15) is 0 Å². The average Bonchev–Trinajstić information content (AvgIpc) is 2.73. The number of pyridine rings is 1. The van der Waals surface area contributed by atoms with E-state index < -0.39 is 0 Å². The Bertz CT molecular complexity index is 730. The number of nitrogens with zero attached hydrogens (tertiary/aromatic N) is 2. The van der Waals surface area contributed by atoms with E-state index in [-0.39, 0.29) is 18.4 Å². The highest BCUT2D eigenvalue weighted by atomic mass is 16.2. The lowest BCUT2D eigenvalue weighted by Gasteiger charge is -2.16. The van der Waals surface area contributed by atoms with E-state index in [9.17, 15) is 9.59 Å². The van der Waals surface area contributed by atoms with Gasteiger partial charge in [0.2, 0.25) is 0 Å². The molecule has 1 aromatic carbocycles. The van der Waals surface area contributed by atoms with Crippen molar-refractivity contribution in [2.24, 2.45) is 0 Å². The number of carbonyl (C=O) groups is 2. The molecular formula is C17H16N2O2. The Morgan fingerprint density at radius 3 is 2.10 bits per heavy atom. The number of imide groups is 1. The second kappa shape index (κ2) is 4.81. The fourth-order valence-electron chi connectivity index (χ4n) is 2.57. The number of benzene rings is 1. The number of aryl methyl sites for hydroxylation is 1. The van der Waals surface area contributed by atoms with E-state index in [0.717, 1.165) is 22.4 Å². The summed E-state index contributed by atoms with van der Waals surface area (Å²) in [5.41, 5.74) is 5.02. The van der Waals surface area contributed by atoms with Crippen LogP contribution in [0.5, 0.6) is 0 Å². The maximum absolute atomic E-state index is 12.4. The molecule has 0 spiro atoms. The summed E-state index contributed by atoms with van der Waals surface area (Å²) in [4.78, 5) is 30.4. The van der Waals surface area contributed by atoms with Crippen molar-refractivity contribution in [1.29, 1.82) is 0 Å². The summed E-state index contributed by atoms with van der Waals surface area (Å²) in [5.74, 6) is -0.481. The first-order valence-corrected chi connectivity index (χ1v) is 6.87. The van der Waals surface area contributed by atoms with E-state index in [1.165, 1.54) is 4.90 Å². The van der Waals surface area contributed by atoms with Gasteiger partial charge in [-0.1, -0.05) is 12.1 Å². The summed E-state index contributed by atoms with van der Waals surface area (Å²) in [6.45, 7) is 6.22. The van der Waals surface area contributed by atoms with Crippen LogP contribution in [0, 0.1) is 20.8 Å². The van der Waals surface area contributed by atoms with Crippen LogP contribution in [-0.4, -0.2) is 21.7 Å². The monoisotopic (exact) mass is 280 g/mol. The van der Waals surface area contributed by atoms with Crippen molar-refractivity contribution < 1.29 is 9.59 Å². The van der Waals surface area contributed by atoms with Crippen LogP contribution in [0.1, 0.15) is 43.1 Å². The second-order valence-corrected chi connectivity index (χ2v) is 5.38. The highest BCUT2D eigenvalue weighted by Crippen LogP contribution is 2.25. The summed E-state index contributed by atoms with van der Waals surface area (Å²) in [7, 11) is 0. The molecule has 3 rings (SSSR count). The van der Waals surface area contributed by atoms with Crippen LogP contribution in [0.4, 0.5) is 0 Å². The average molecular weight is 280 g/mol. The van der Waals surface area contributed by atoms with E-state index in [4.69, 9.17) is 0 Å². The molecule has 4 nitrogen and oxygen atoms in total. The predicted molar refractivity (Wildman–Crippen MR) is 79.1 cm³/mol. The molecule has 1 aliphatic rings. The zero-order chi connectivity index (χ0) is 15.1. The smallest absolute Gasteiger partial charge is 0.261 e. The van der Waals surface area contributed by atoms with Gasteiger partial charge in [0.05, 0.1) is 23.4 Å². The van der Waals surface area contributed by atoms with Gasteiger partial charge in [0.25, 0.3) is 11.8 Å². The maximum Gasteiger partial charge on any atom is 0.261 e. The minimum atomic E-state index is -0.241. The summed E-state index contributed by atoms with van der Waals surface area (Å²) < 4.78 is 0. The molecule has 0 N–H and O–H groups in total. The van der Waals surface area contributed by atoms with E-state index in [2.05, 4.69) is 4.98 Å². The Hall–Kier alpha value is -2.49. The zero-order valence-corrected chi connectivity index (χ0v) is 12.3. The van der Waals surface area contributed by atoms with E-state index >= 15 is 0 Å². The topological polar surface area (TPSA) is 50.3 Å². The zero-order valence-electron chi connectivity index (χ0n) is 12.3. The SMILES string of the molecule is Cc1cnc(CN2C(=O)c3ccccc3C2=O)c(C)c1C. The van der Waals surface area contributed by atoms with Crippen molar-refractivity contribution in [1.82, 2.24) is 9.88 Å². The second-order valence-electron chi connectivity index (χ2n) is 5.38. The Morgan fingerprint density at radius 1 is 0.952 bits per heavy atom. The molecule has 0 saturated heterocycles. The quantitative estimate of drug-likeness (QED) is 0.795. The third-order valence-corrected chi connectivity index (χ3v) is 4.19. The van der Waals surface area contributed by atoms with Gasteiger partial charge in [0.1, 0.15) is 0 Å². The largest absolute Gasteiger partial charge is 0.269 e. The van der Waals surface area contributed by atoms with Crippen molar-refractivity contribution in [2.45, 2.75) is 27.3 Å². The van der Waals surface area contributed by atoms with Crippen LogP contribution in [0.3, 0.4) is 0 Å². The fraction of sp³-hybridized carbons (Fsp3) is 0.235. The van der Waals surface area contributed by atoms with Crippen molar-refractivity contribution in [3.05, 3.63) is 64.0 Å². The summed E-state index contributed by atoms with van der Waals surface area (Å²) in [6.07, 6.45) is 1.79. The first-order valence-electron chi connectivity index (χ1n) is 6.87. The number of rotatable bonds is 2. The van der Waals surface area contributed by atoms with Gasteiger partial charge in [0, 0.05) is 6.20 Å². The molecule has 0 aliphatic carbocycles. The van der Waals surface area contributed by atoms with E-state index in [1.54, 1.807) is 30.5 Å². The molecule has 0 saturated carbocycles. The normalized spacial score (nSPS) is 13.8. The van der Waals surface area contributed by atoms with Gasteiger partial charge in [0.15, 0.2) is 0 Å². The highest BCUT2D eigenvalue weighted by molar-refractivity contribution is 6.21. The molecule has 0 radical (unpaired) electrons. The molecule has 0 fully saturated rings. The molecule has 2 amide bonds. The van der Waals surface area contributed by atoms with Crippen LogP contribution in [0.2, 0.25) is 0 Å². The molecule has 21 heavy (non-hydrogen) atoms. The van der Waals surface area contributed by atoms with Gasteiger partial charge in [-0.15, -0.1) is 0 Å². The first-order chi connectivity index (χ1) is 10.0. The third-order valence-electron chi connectivity index (χ3n) is 4.19. The minimum absolute atomic E-state index is 0.222. The molecule has 2 aromatic rings. The van der Waals surface area contributed by atoms with Crippen molar-refractivity contribution in [3.8, 4) is 0 Å². The summed E-state index contributed by atoms with van der Waals surface area (Å²) in [6, 6.07) is 6.92. The molecule has 1 aliphatic heterocycles. The summed E-state index contributed by atoms with van der Waals surface area (Å²) in [5, 5.41) is 0. The predicted octanol–water partition coefficient (Wildman–Crippen LogP) is 2.80. The van der Waals surface area contributed by atoms with Crippen LogP contribution in [0.15, 0.2) is 30.5 Å². The number of fused-ring (bicyclic) bond motifs is 1. The molecule has 0 unspecified atom stereocenters. The lowest BCUT2D eigenvalue weighted by Crippen LogP contribution is -2.30. The lowest BCUT2D eigenvalue weighted by molar-refractivity contribution is 0.0640. The molecular weight excluding hydrogens is 264 g/mol. The number of amides is 2. The van der Waals surface area contributed by atoms with Crippen molar-refractivity contribution >= 4 is 11.8 Å². The van der Waals surface area contributed by atoms with Crippen LogP contribution < -0.4 is 0 Å². The Morgan fingerprint density at radius 2 is 1.52 bits per heavy atom. The molecule has 0 atom stereocenters. The number of hydrogen-bond acceptors (Lipinski definition) is 3. The first kappa shape index (κ1) is 13.5. The van der Waals surface area contributed by atoms with Gasteiger partial charge in [-0.3, -0.25) is 19.5 Å². The maximum atomic E-state index is 12.4. The summed E-state index contributed by atoms with van der Waals surface area (Å²) >= 11 is 0. The standard InChI is InChI=1S/C17H16N2O2/c1-10-8-18-15(12(3)11(10)2)9-19-16(20)13-6-4-5-7-14(13)17(19)21/h4-8H,9H2,1-3H3. The van der Waals surface area contributed by atoms with Gasteiger partial charge in [-0.05, 0) is 49.6 Å². The molecule has 0 bridgehead atoms. The van der Waals surface area contributed by atoms with E-state index in [0.29, 0.717) is 11.1 Å². The molecule has 1 aromatic heterocycles. The van der Waals surface area contributed by atoms with Crippen molar-refractivity contribution in [2.75, 3.05) is 0 Å². The van der Waals surface area contributed by atoms with Gasteiger partial charge in [-0.25, -0.2) is 0 Å². The molecule has 4 heteroatoms. The van der Waals surface area contributed by atoms with Crippen LogP contribution in [0.25, 0.3) is 0 Å². The minimum Gasteiger partial charge on any atom is -0.269 e. The third kappa shape index (κ3) is 2.03.